The van der Waals surface area contributed by atoms with E-state index in [-0.39, 0.29) is 41.0 Å². The summed E-state index contributed by atoms with van der Waals surface area (Å²) in [5, 5.41) is 10.4. The molecule has 0 aliphatic rings. The van der Waals surface area contributed by atoms with E-state index >= 15 is 0 Å². The number of rotatable bonds is 3. The molecule has 0 saturated carbocycles. The summed E-state index contributed by atoms with van der Waals surface area (Å²) >= 11 is 0. The van der Waals surface area contributed by atoms with Gasteiger partial charge in [-0.3, -0.25) is 20.1 Å². The van der Waals surface area contributed by atoms with Gasteiger partial charge in [0.15, 0.2) is 0 Å². The smallest absolute Gasteiger partial charge is 0.358 e. The summed E-state index contributed by atoms with van der Waals surface area (Å²) in [4.78, 5) is 18.3. The minimum atomic E-state index is -0.438. The van der Waals surface area contributed by atoms with Gasteiger partial charge in [-0.05, 0) is 24.3 Å². The summed E-state index contributed by atoms with van der Waals surface area (Å²) in [5.74, 6) is 0. The van der Waals surface area contributed by atoms with E-state index < -0.39 is 4.92 Å². The number of nitro benzene ring substituents is 1. The van der Waals surface area contributed by atoms with E-state index in [0.29, 0.717) is 5.69 Å². The number of aromatic nitrogens is 1. The van der Waals surface area contributed by atoms with Crippen molar-refractivity contribution >= 4 is 17.6 Å². The van der Waals surface area contributed by atoms with E-state index in [1.165, 1.54) is 12.1 Å². The Bertz CT molecular complexity index is 542. The third-order valence-corrected chi connectivity index (χ3v) is 2.09. The van der Waals surface area contributed by atoms with Crippen molar-refractivity contribution in [2.45, 2.75) is 0 Å². The molecular weight excluding hydrogens is 349 g/mol. The van der Waals surface area contributed by atoms with Crippen molar-refractivity contribution in [1.82, 2.24) is 4.98 Å². The van der Waals surface area contributed by atoms with Crippen molar-refractivity contribution in [2.75, 3.05) is 0 Å². The molecule has 1 aromatic carbocycles. The number of non-ortho nitro benzene ring substituents is 1. The van der Waals surface area contributed by atoms with E-state index in [2.05, 4.69) is 9.98 Å². The molecule has 1 heterocycles. The van der Waals surface area contributed by atoms with Crippen molar-refractivity contribution < 1.29 is 25.3 Å². The van der Waals surface area contributed by atoms with Crippen molar-refractivity contribution in [1.29, 1.82) is 0 Å². The molecule has 0 aliphatic carbocycles. The number of hydrogen-bond donors (Lipinski definition) is 0. The van der Waals surface area contributed by atoms with Crippen LogP contribution in [0.4, 0.5) is 11.4 Å². The Morgan fingerprint density at radius 3 is 2.25 bits per heavy atom. The van der Waals surface area contributed by atoms with Gasteiger partial charge in [-0.25, -0.2) is 0 Å². The molecule has 0 aliphatic heterocycles. The maximum atomic E-state index is 10.4. The predicted octanol–water partition coefficient (Wildman–Crippen LogP) is 3.64. The van der Waals surface area contributed by atoms with Crippen LogP contribution in [0.3, 0.4) is 0 Å². The van der Waals surface area contributed by atoms with Gasteiger partial charge in [-0.15, -0.1) is 0 Å². The Hall–Kier alpha value is -1.90. The molecule has 108 valence electrons. The molecule has 6 heteroatoms. The second kappa shape index (κ2) is 9.96. The van der Waals surface area contributed by atoms with Crippen molar-refractivity contribution in [3.63, 3.8) is 0 Å². The Morgan fingerprint density at radius 2 is 1.75 bits per heavy atom. The third kappa shape index (κ3) is 5.83. The first-order chi connectivity index (χ1) is 8.25. The molecule has 20 heavy (non-hydrogen) atoms. The second-order valence-electron chi connectivity index (χ2n) is 3.29. The number of hydrogen-bond acceptors (Lipinski definition) is 4. The fourth-order valence-electron chi connectivity index (χ4n) is 1.25. The monoisotopic (exact) mass is 363 g/mol. The van der Waals surface area contributed by atoms with Crippen LogP contribution >= 0.6 is 0 Å². The number of nitro groups is 1. The van der Waals surface area contributed by atoms with E-state index in [4.69, 9.17) is 0 Å². The molecule has 0 amide bonds. The molecule has 0 unspecified atom stereocenters. The van der Waals surface area contributed by atoms with Crippen molar-refractivity contribution in [3.05, 3.63) is 79.3 Å². The van der Waals surface area contributed by atoms with Crippen LogP contribution in [0.2, 0.25) is 0 Å². The SMILES string of the molecule is O=[N+]([O-])c1ccc(N=Cc2ccccn2)cc1.[CH3-].[CH3-].[Pd+2]. The van der Waals surface area contributed by atoms with E-state index in [1.807, 2.05) is 18.2 Å². The molecular formula is C14H15N3O2Pd. The maximum Gasteiger partial charge on any atom is 2.00 e. The van der Waals surface area contributed by atoms with Gasteiger partial charge in [0, 0.05) is 18.3 Å². The molecule has 0 fully saturated rings. The first-order valence-electron chi connectivity index (χ1n) is 4.95. The van der Waals surface area contributed by atoms with E-state index in [9.17, 15) is 10.1 Å². The standard InChI is InChI=1S/C12H9N3O2.2CH3.Pd/c16-15(17)12-6-4-10(5-7-12)14-9-11-3-1-2-8-13-11;;;/h1-9H;2*1H3;/q;2*-1;+2. The van der Waals surface area contributed by atoms with Gasteiger partial charge in [0.2, 0.25) is 0 Å². The molecule has 5 nitrogen and oxygen atoms in total. The van der Waals surface area contributed by atoms with Gasteiger partial charge in [-0.2, -0.15) is 0 Å². The molecule has 0 N–H and O–H groups in total. The molecule has 0 saturated heterocycles. The molecule has 0 radical (unpaired) electrons. The zero-order chi connectivity index (χ0) is 12.1. The third-order valence-electron chi connectivity index (χ3n) is 2.09. The summed E-state index contributed by atoms with van der Waals surface area (Å²) in [7, 11) is 0. The largest absolute Gasteiger partial charge is 2.00 e. The molecule has 2 rings (SSSR count). The van der Waals surface area contributed by atoms with Crippen LogP contribution in [-0.4, -0.2) is 16.1 Å². The number of benzene rings is 1. The Labute approximate surface area is 132 Å². The summed E-state index contributed by atoms with van der Waals surface area (Å²) in [6, 6.07) is 11.5. The minimum absolute atomic E-state index is 0. The molecule has 0 spiro atoms. The first kappa shape index (κ1) is 20.4. The van der Waals surface area contributed by atoms with Crippen molar-refractivity contribution in [2.24, 2.45) is 4.99 Å². The summed E-state index contributed by atoms with van der Waals surface area (Å²) in [6.45, 7) is 0. The van der Waals surface area contributed by atoms with Gasteiger partial charge in [0.1, 0.15) is 0 Å². The van der Waals surface area contributed by atoms with Crippen molar-refractivity contribution in [3.8, 4) is 0 Å². The van der Waals surface area contributed by atoms with Gasteiger partial charge in [-0.1, -0.05) is 6.07 Å². The zero-order valence-electron chi connectivity index (χ0n) is 11.2. The predicted molar refractivity (Wildman–Crippen MR) is 77.4 cm³/mol. The second-order valence-corrected chi connectivity index (χ2v) is 3.29. The Balaban J connectivity index is 0. The zero-order valence-corrected chi connectivity index (χ0v) is 12.7. The fourth-order valence-corrected chi connectivity index (χ4v) is 1.25. The van der Waals surface area contributed by atoms with Gasteiger partial charge in [0.05, 0.1) is 22.5 Å². The average Bonchev–Trinajstić information content (AvgIpc) is 2.38. The summed E-state index contributed by atoms with van der Waals surface area (Å²) < 4.78 is 0. The topological polar surface area (TPSA) is 68.4 Å². The normalized spacial score (nSPS) is 9.00. The van der Waals surface area contributed by atoms with Crippen LogP contribution in [0, 0.1) is 25.0 Å². The Morgan fingerprint density at radius 1 is 1.10 bits per heavy atom. The minimum Gasteiger partial charge on any atom is -0.358 e. The van der Waals surface area contributed by atoms with Crippen LogP contribution in [0.25, 0.3) is 0 Å². The van der Waals surface area contributed by atoms with Crippen LogP contribution in [-0.2, 0) is 20.4 Å². The fraction of sp³-hybridized carbons (Fsp3) is 0. The van der Waals surface area contributed by atoms with E-state index in [1.54, 1.807) is 24.5 Å². The first-order valence-corrected chi connectivity index (χ1v) is 4.95. The van der Waals surface area contributed by atoms with E-state index in [0.717, 1.165) is 5.69 Å². The maximum absolute atomic E-state index is 10.4. The van der Waals surface area contributed by atoms with Crippen LogP contribution in [0.15, 0.2) is 53.7 Å². The quantitative estimate of drug-likeness (QED) is 0.275. The molecule has 2 aromatic rings. The van der Waals surface area contributed by atoms with Gasteiger partial charge < -0.3 is 14.9 Å². The molecule has 0 atom stereocenters. The Kier molecular flexibility index (Phi) is 10.2. The van der Waals surface area contributed by atoms with Crippen LogP contribution in [0.1, 0.15) is 5.69 Å². The number of nitrogens with zero attached hydrogens (tertiary/aromatic N) is 3. The average molecular weight is 364 g/mol. The number of pyridine rings is 1. The van der Waals surface area contributed by atoms with Gasteiger partial charge >= 0.3 is 20.4 Å². The van der Waals surface area contributed by atoms with Crippen LogP contribution < -0.4 is 0 Å². The van der Waals surface area contributed by atoms with Gasteiger partial charge in [0.25, 0.3) is 5.69 Å². The van der Waals surface area contributed by atoms with Crippen LogP contribution in [0.5, 0.6) is 0 Å². The summed E-state index contributed by atoms with van der Waals surface area (Å²) in [6.07, 6.45) is 3.29. The summed E-state index contributed by atoms with van der Waals surface area (Å²) in [5.41, 5.74) is 1.45. The molecule has 0 bridgehead atoms. The number of aliphatic imine (C=N–C) groups is 1. The molecule has 1 aromatic heterocycles.